The minimum Gasteiger partial charge on any atom is -0.480 e. The Labute approximate surface area is 90.4 Å². The van der Waals surface area contributed by atoms with E-state index in [1.807, 2.05) is 0 Å². The molecule has 3 atom stereocenters. The van der Waals surface area contributed by atoms with Crippen molar-refractivity contribution in [1.82, 2.24) is 4.90 Å². The van der Waals surface area contributed by atoms with Crippen LogP contribution in [0.2, 0.25) is 0 Å². The Hall–Kier alpha value is -0.610. The van der Waals surface area contributed by atoms with Crippen molar-refractivity contribution in [3.8, 4) is 0 Å². The van der Waals surface area contributed by atoms with Crippen LogP contribution in [0.4, 0.5) is 0 Å². The van der Waals surface area contributed by atoms with E-state index in [0.29, 0.717) is 18.4 Å². The molecule has 0 aromatic heterocycles. The fraction of sp³-hybridized carbons (Fsp3) is 0.909. The Morgan fingerprint density at radius 2 is 2.27 bits per heavy atom. The van der Waals surface area contributed by atoms with Gasteiger partial charge in [0.15, 0.2) is 0 Å². The number of carbonyl (C=O) groups is 1. The number of likely N-dealkylation sites (tertiary alicyclic amines) is 1. The molecule has 4 nitrogen and oxygen atoms in total. The van der Waals surface area contributed by atoms with Crippen molar-refractivity contribution < 1.29 is 9.90 Å². The summed E-state index contributed by atoms with van der Waals surface area (Å²) in [4.78, 5) is 13.4. The summed E-state index contributed by atoms with van der Waals surface area (Å²) in [5.74, 6) is 0.394. The highest BCUT2D eigenvalue weighted by Crippen LogP contribution is 2.42. The molecular weight excluding hydrogens is 192 g/mol. The molecule has 1 heterocycles. The highest BCUT2D eigenvalue weighted by atomic mass is 16.4. The van der Waals surface area contributed by atoms with Crippen LogP contribution in [0.3, 0.4) is 0 Å². The third-order valence-electron chi connectivity index (χ3n) is 3.89. The number of rotatable bonds is 4. The first-order valence-corrected chi connectivity index (χ1v) is 5.91. The van der Waals surface area contributed by atoms with Gasteiger partial charge in [-0.15, -0.1) is 0 Å². The summed E-state index contributed by atoms with van der Waals surface area (Å²) in [6.07, 6.45) is 4.43. The molecule has 0 spiro atoms. The largest absolute Gasteiger partial charge is 0.480 e. The second-order valence-electron chi connectivity index (χ2n) is 4.78. The molecule has 0 aromatic rings. The molecule has 0 amide bonds. The van der Waals surface area contributed by atoms with E-state index in [2.05, 4.69) is 4.90 Å². The van der Waals surface area contributed by atoms with Gasteiger partial charge in [-0.2, -0.15) is 0 Å². The van der Waals surface area contributed by atoms with Crippen molar-refractivity contribution in [2.24, 2.45) is 17.6 Å². The Kier molecular flexibility index (Phi) is 3.26. The summed E-state index contributed by atoms with van der Waals surface area (Å²) in [6, 6.07) is -0.232. The number of carboxylic acids is 1. The van der Waals surface area contributed by atoms with Crippen molar-refractivity contribution in [2.45, 2.75) is 31.7 Å². The normalized spacial score (nSPS) is 35.7. The van der Waals surface area contributed by atoms with Gasteiger partial charge in [-0.3, -0.25) is 9.69 Å². The van der Waals surface area contributed by atoms with E-state index in [-0.39, 0.29) is 6.04 Å². The third-order valence-corrected chi connectivity index (χ3v) is 3.89. The summed E-state index contributed by atoms with van der Waals surface area (Å²) in [7, 11) is 0. The molecule has 4 heteroatoms. The lowest BCUT2D eigenvalue weighted by Crippen LogP contribution is -2.40. The van der Waals surface area contributed by atoms with Gasteiger partial charge in [0.25, 0.3) is 0 Å². The Balaban J connectivity index is 2.02. The van der Waals surface area contributed by atoms with E-state index < -0.39 is 5.97 Å². The highest BCUT2D eigenvalue weighted by molar-refractivity contribution is 5.74. The Morgan fingerprint density at radius 3 is 2.93 bits per heavy atom. The standard InChI is InChI=1S/C11H20N2O2/c12-5-2-6-13-7-8-3-1-4-9(8)10(13)11(14)15/h8-10H,1-7,12H2,(H,14,15). The molecule has 1 aliphatic carbocycles. The van der Waals surface area contributed by atoms with Crippen LogP contribution in [-0.2, 0) is 4.79 Å². The smallest absolute Gasteiger partial charge is 0.321 e. The molecule has 2 rings (SSSR count). The minimum absolute atomic E-state index is 0.232. The fourth-order valence-corrected chi connectivity index (χ4v) is 3.26. The van der Waals surface area contributed by atoms with E-state index in [1.165, 1.54) is 12.8 Å². The van der Waals surface area contributed by atoms with Gasteiger partial charge < -0.3 is 10.8 Å². The van der Waals surface area contributed by atoms with E-state index in [1.54, 1.807) is 0 Å². The lowest BCUT2D eigenvalue weighted by molar-refractivity contribution is -0.143. The quantitative estimate of drug-likeness (QED) is 0.713. The first kappa shape index (κ1) is 10.9. The molecule has 3 N–H and O–H groups in total. The van der Waals surface area contributed by atoms with Crippen molar-refractivity contribution in [1.29, 1.82) is 0 Å². The predicted molar refractivity (Wildman–Crippen MR) is 57.5 cm³/mol. The number of nitrogens with two attached hydrogens (primary N) is 1. The second kappa shape index (κ2) is 4.49. The highest BCUT2D eigenvalue weighted by Gasteiger charge is 2.47. The van der Waals surface area contributed by atoms with Crippen LogP contribution >= 0.6 is 0 Å². The number of carboxylic acid groups (broad SMARTS) is 1. The average molecular weight is 212 g/mol. The van der Waals surface area contributed by atoms with Gasteiger partial charge in [-0.1, -0.05) is 6.42 Å². The maximum Gasteiger partial charge on any atom is 0.321 e. The fourth-order valence-electron chi connectivity index (χ4n) is 3.26. The number of hydrogen-bond donors (Lipinski definition) is 2. The summed E-state index contributed by atoms with van der Waals surface area (Å²) in [6.45, 7) is 2.47. The van der Waals surface area contributed by atoms with Crippen molar-refractivity contribution in [3.63, 3.8) is 0 Å². The molecule has 3 unspecified atom stereocenters. The maximum atomic E-state index is 11.2. The molecule has 15 heavy (non-hydrogen) atoms. The molecule has 2 aliphatic rings. The van der Waals surface area contributed by atoms with Crippen LogP contribution in [0.5, 0.6) is 0 Å². The number of hydrogen-bond acceptors (Lipinski definition) is 3. The van der Waals surface area contributed by atoms with Gasteiger partial charge in [-0.05, 0) is 37.6 Å². The Morgan fingerprint density at radius 1 is 1.47 bits per heavy atom. The minimum atomic E-state index is -0.638. The lowest BCUT2D eigenvalue weighted by Gasteiger charge is -2.23. The van der Waals surface area contributed by atoms with Gasteiger partial charge in [-0.25, -0.2) is 0 Å². The van der Waals surface area contributed by atoms with Gasteiger partial charge in [0.05, 0.1) is 0 Å². The van der Waals surface area contributed by atoms with Crippen molar-refractivity contribution in [3.05, 3.63) is 0 Å². The van der Waals surface area contributed by atoms with Crippen LogP contribution < -0.4 is 5.73 Å². The van der Waals surface area contributed by atoms with E-state index in [0.717, 1.165) is 25.9 Å². The number of nitrogens with zero attached hydrogens (tertiary/aromatic N) is 1. The molecule has 0 bridgehead atoms. The zero-order valence-corrected chi connectivity index (χ0v) is 9.06. The molecule has 0 aromatic carbocycles. The van der Waals surface area contributed by atoms with E-state index in [4.69, 9.17) is 5.73 Å². The predicted octanol–water partition coefficient (Wildman–Crippen LogP) is 0.520. The van der Waals surface area contributed by atoms with E-state index >= 15 is 0 Å². The van der Waals surface area contributed by atoms with Crippen LogP contribution in [-0.4, -0.2) is 41.7 Å². The molecular formula is C11H20N2O2. The van der Waals surface area contributed by atoms with Gasteiger partial charge in [0.1, 0.15) is 6.04 Å². The van der Waals surface area contributed by atoms with Gasteiger partial charge >= 0.3 is 5.97 Å². The summed E-state index contributed by atoms with van der Waals surface area (Å²) < 4.78 is 0. The average Bonchev–Trinajstić information content (AvgIpc) is 2.72. The van der Waals surface area contributed by atoms with Crippen molar-refractivity contribution in [2.75, 3.05) is 19.6 Å². The number of aliphatic carboxylic acids is 1. The number of fused-ring (bicyclic) bond motifs is 1. The lowest BCUT2D eigenvalue weighted by atomic mass is 9.94. The molecule has 1 saturated carbocycles. The van der Waals surface area contributed by atoms with Crippen LogP contribution in [0, 0.1) is 11.8 Å². The summed E-state index contributed by atoms with van der Waals surface area (Å²) >= 11 is 0. The van der Waals surface area contributed by atoms with Crippen LogP contribution in [0.25, 0.3) is 0 Å². The van der Waals surface area contributed by atoms with Gasteiger partial charge in [0.2, 0.25) is 0 Å². The zero-order valence-electron chi connectivity index (χ0n) is 9.06. The summed E-state index contributed by atoms with van der Waals surface area (Å²) in [5.41, 5.74) is 5.47. The van der Waals surface area contributed by atoms with Crippen LogP contribution in [0.15, 0.2) is 0 Å². The summed E-state index contributed by atoms with van der Waals surface area (Å²) in [5, 5.41) is 9.26. The second-order valence-corrected chi connectivity index (χ2v) is 4.78. The molecule has 1 saturated heterocycles. The molecule has 2 fully saturated rings. The first-order chi connectivity index (χ1) is 7.24. The topological polar surface area (TPSA) is 66.6 Å². The third kappa shape index (κ3) is 2.01. The monoisotopic (exact) mass is 212 g/mol. The Bertz CT molecular complexity index is 245. The van der Waals surface area contributed by atoms with Crippen LogP contribution in [0.1, 0.15) is 25.7 Å². The van der Waals surface area contributed by atoms with E-state index in [9.17, 15) is 9.90 Å². The molecule has 1 aliphatic heterocycles. The SMILES string of the molecule is NCCCN1CC2CCCC2C1C(=O)O. The molecule has 86 valence electrons. The van der Waals surface area contributed by atoms with Crippen molar-refractivity contribution >= 4 is 5.97 Å². The van der Waals surface area contributed by atoms with Gasteiger partial charge in [0, 0.05) is 13.1 Å². The maximum absolute atomic E-state index is 11.2. The molecule has 0 radical (unpaired) electrons. The zero-order chi connectivity index (χ0) is 10.8. The first-order valence-electron chi connectivity index (χ1n) is 5.91.